The summed E-state index contributed by atoms with van der Waals surface area (Å²) in [5, 5.41) is 0. The maximum atomic E-state index is 11.1. The highest BCUT2D eigenvalue weighted by Crippen LogP contribution is 2.11. The zero-order valence-electron chi connectivity index (χ0n) is 9.97. The van der Waals surface area contributed by atoms with E-state index < -0.39 is 0 Å². The predicted molar refractivity (Wildman–Crippen MR) is 69.7 cm³/mol. The van der Waals surface area contributed by atoms with Crippen LogP contribution in [-0.4, -0.2) is 12.1 Å². The van der Waals surface area contributed by atoms with Crippen molar-refractivity contribution in [3.63, 3.8) is 0 Å². The molecule has 1 rings (SSSR count). The highest BCUT2D eigenvalue weighted by Gasteiger charge is 2.10. The first-order valence-electron chi connectivity index (χ1n) is 5.74. The van der Waals surface area contributed by atoms with Gasteiger partial charge in [-0.2, -0.15) is 0 Å². The molecule has 0 radical (unpaired) electrons. The molecule has 1 atom stereocenters. The van der Waals surface area contributed by atoms with E-state index in [9.17, 15) is 4.79 Å². The van der Waals surface area contributed by atoms with Crippen molar-refractivity contribution in [1.29, 1.82) is 0 Å². The van der Waals surface area contributed by atoms with E-state index in [1.165, 1.54) is 11.6 Å². The molecule has 2 heteroatoms. The van der Waals surface area contributed by atoms with Gasteiger partial charge in [-0.05, 0) is 18.4 Å². The molecule has 0 bridgehead atoms. The maximum absolute atomic E-state index is 11.1. The lowest BCUT2D eigenvalue weighted by atomic mass is 10.1. The van der Waals surface area contributed by atoms with Gasteiger partial charge in [0.25, 0.3) is 0 Å². The van der Waals surface area contributed by atoms with Gasteiger partial charge in [0.15, 0.2) is 0 Å². The standard InChI is InChI=1S/C15H18O2/c1-3-8-14(17-15(16)4-2)12-11-13-9-6-5-7-10-13/h3-7,9-10,14H,1-2,8,11-12H2. The third kappa shape index (κ3) is 5.16. The number of rotatable bonds is 7. The minimum atomic E-state index is -0.370. The molecule has 17 heavy (non-hydrogen) atoms. The molecule has 0 saturated heterocycles. The Morgan fingerprint density at radius 3 is 2.59 bits per heavy atom. The van der Waals surface area contributed by atoms with Crippen LogP contribution in [0, 0.1) is 0 Å². The average molecular weight is 230 g/mol. The SMILES string of the molecule is C=CCC(CCc1ccccc1)OC(=O)C=C. The van der Waals surface area contributed by atoms with Gasteiger partial charge in [0.2, 0.25) is 0 Å². The Morgan fingerprint density at radius 1 is 1.29 bits per heavy atom. The van der Waals surface area contributed by atoms with Gasteiger partial charge in [-0.3, -0.25) is 0 Å². The lowest BCUT2D eigenvalue weighted by Crippen LogP contribution is -2.16. The summed E-state index contributed by atoms with van der Waals surface area (Å²) in [5.74, 6) is -0.370. The first kappa shape index (κ1) is 13.2. The quantitative estimate of drug-likeness (QED) is 0.408. The average Bonchev–Trinajstić information content (AvgIpc) is 2.37. The summed E-state index contributed by atoms with van der Waals surface area (Å²) < 4.78 is 5.23. The minimum absolute atomic E-state index is 0.113. The van der Waals surface area contributed by atoms with E-state index in [0.29, 0.717) is 6.42 Å². The van der Waals surface area contributed by atoms with Gasteiger partial charge in [-0.1, -0.05) is 43.0 Å². The van der Waals surface area contributed by atoms with Crippen LogP contribution in [0.5, 0.6) is 0 Å². The van der Waals surface area contributed by atoms with Crippen molar-refractivity contribution in [2.75, 3.05) is 0 Å². The second kappa shape index (κ2) is 7.44. The molecule has 0 amide bonds. The van der Waals surface area contributed by atoms with Gasteiger partial charge in [0.1, 0.15) is 6.10 Å². The molecular formula is C15H18O2. The molecule has 2 nitrogen and oxygen atoms in total. The smallest absolute Gasteiger partial charge is 0.330 e. The second-order valence-corrected chi connectivity index (χ2v) is 3.81. The monoisotopic (exact) mass is 230 g/mol. The molecule has 1 aromatic rings. The Balaban J connectivity index is 2.46. The summed E-state index contributed by atoms with van der Waals surface area (Å²) in [5.41, 5.74) is 1.25. The van der Waals surface area contributed by atoms with Gasteiger partial charge < -0.3 is 4.74 Å². The van der Waals surface area contributed by atoms with Crippen molar-refractivity contribution in [2.24, 2.45) is 0 Å². The number of benzene rings is 1. The van der Waals surface area contributed by atoms with Crippen LogP contribution in [0.2, 0.25) is 0 Å². The molecule has 0 fully saturated rings. The lowest BCUT2D eigenvalue weighted by Gasteiger charge is -2.15. The van der Waals surface area contributed by atoms with Crippen molar-refractivity contribution in [3.05, 3.63) is 61.2 Å². The van der Waals surface area contributed by atoms with Crippen molar-refractivity contribution in [1.82, 2.24) is 0 Å². The zero-order chi connectivity index (χ0) is 12.5. The maximum Gasteiger partial charge on any atom is 0.330 e. The summed E-state index contributed by atoms with van der Waals surface area (Å²) in [6.45, 7) is 7.06. The number of aryl methyl sites for hydroxylation is 1. The first-order valence-corrected chi connectivity index (χ1v) is 5.74. The summed E-state index contributed by atoms with van der Waals surface area (Å²) in [4.78, 5) is 11.1. The minimum Gasteiger partial charge on any atom is -0.459 e. The van der Waals surface area contributed by atoms with E-state index in [1.807, 2.05) is 18.2 Å². The van der Waals surface area contributed by atoms with Gasteiger partial charge >= 0.3 is 5.97 Å². The normalized spacial score (nSPS) is 11.5. The molecule has 1 unspecified atom stereocenters. The highest BCUT2D eigenvalue weighted by molar-refractivity contribution is 5.81. The molecule has 0 aromatic heterocycles. The van der Waals surface area contributed by atoms with Crippen LogP contribution >= 0.6 is 0 Å². The van der Waals surface area contributed by atoms with Crippen LogP contribution in [0.25, 0.3) is 0 Å². The number of carbonyl (C=O) groups excluding carboxylic acids is 1. The topological polar surface area (TPSA) is 26.3 Å². The Morgan fingerprint density at radius 2 is 2.00 bits per heavy atom. The molecular weight excluding hydrogens is 212 g/mol. The van der Waals surface area contributed by atoms with Gasteiger partial charge in [-0.25, -0.2) is 4.79 Å². The molecule has 0 saturated carbocycles. The fourth-order valence-corrected chi connectivity index (χ4v) is 1.60. The third-order valence-electron chi connectivity index (χ3n) is 2.48. The number of ether oxygens (including phenoxy) is 1. The van der Waals surface area contributed by atoms with E-state index in [0.717, 1.165) is 12.8 Å². The van der Waals surface area contributed by atoms with Crippen LogP contribution in [0.15, 0.2) is 55.6 Å². The van der Waals surface area contributed by atoms with E-state index in [2.05, 4.69) is 25.3 Å². The Hall–Kier alpha value is -1.83. The molecule has 0 aliphatic heterocycles. The Bertz CT molecular complexity index is 368. The third-order valence-corrected chi connectivity index (χ3v) is 2.48. The van der Waals surface area contributed by atoms with E-state index >= 15 is 0 Å². The van der Waals surface area contributed by atoms with Crippen molar-refractivity contribution >= 4 is 5.97 Å². The molecule has 0 spiro atoms. The number of carbonyl (C=O) groups is 1. The summed E-state index contributed by atoms with van der Waals surface area (Å²) in [6, 6.07) is 10.1. The highest BCUT2D eigenvalue weighted by atomic mass is 16.5. The molecule has 0 heterocycles. The van der Waals surface area contributed by atoms with Crippen LogP contribution in [-0.2, 0) is 16.0 Å². The van der Waals surface area contributed by atoms with E-state index in [-0.39, 0.29) is 12.1 Å². The van der Waals surface area contributed by atoms with E-state index in [1.54, 1.807) is 6.08 Å². The van der Waals surface area contributed by atoms with Crippen molar-refractivity contribution < 1.29 is 9.53 Å². The largest absolute Gasteiger partial charge is 0.459 e. The van der Waals surface area contributed by atoms with Crippen LogP contribution in [0.1, 0.15) is 18.4 Å². The molecule has 0 aliphatic rings. The fraction of sp³-hybridized carbons (Fsp3) is 0.267. The number of hydrogen-bond acceptors (Lipinski definition) is 2. The summed E-state index contributed by atoms with van der Waals surface area (Å²) in [6.07, 6.45) is 5.22. The fourth-order valence-electron chi connectivity index (χ4n) is 1.60. The van der Waals surface area contributed by atoms with Crippen LogP contribution in [0.4, 0.5) is 0 Å². The summed E-state index contributed by atoms with van der Waals surface area (Å²) >= 11 is 0. The Labute approximate surface area is 103 Å². The van der Waals surface area contributed by atoms with Crippen molar-refractivity contribution in [2.45, 2.75) is 25.4 Å². The van der Waals surface area contributed by atoms with Crippen molar-refractivity contribution in [3.8, 4) is 0 Å². The molecule has 0 aliphatic carbocycles. The molecule has 1 aromatic carbocycles. The molecule has 0 N–H and O–H groups in total. The number of hydrogen-bond donors (Lipinski definition) is 0. The van der Waals surface area contributed by atoms with E-state index in [4.69, 9.17) is 4.74 Å². The van der Waals surface area contributed by atoms with Gasteiger partial charge in [0, 0.05) is 12.5 Å². The number of esters is 1. The van der Waals surface area contributed by atoms with Gasteiger partial charge in [0.05, 0.1) is 0 Å². The molecule has 90 valence electrons. The summed E-state index contributed by atoms with van der Waals surface area (Å²) in [7, 11) is 0. The Kier molecular flexibility index (Phi) is 5.80. The van der Waals surface area contributed by atoms with Crippen LogP contribution in [0.3, 0.4) is 0 Å². The lowest BCUT2D eigenvalue weighted by molar-refractivity contribution is -0.143. The zero-order valence-corrected chi connectivity index (χ0v) is 9.97. The predicted octanol–water partition coefficient (Wildman–Crippen LogP) is 3.29. The van der Waals surface area contributed by atoms with Gasteiger partial charge in [-0.15, -0.1) is 6.58 Å². The second-order valence-electron chi connectivity index (χ2n) is 3.81. The van der Waals surface area contributed by atoms with Crippen LogP contribution < -0.4 is 0 Å². The first-order chi connectivity index (χ1) is 8.26.